The molecule has 4 nitrogen and oxygen atoms in total. The van der Waals surface area contributed by atoms with Crippen molar-refractivity contribution < 1.29 is 4.42 Å². The van der Waals surface area contributed by atoms with Crippen molar-refractivity contribution in [1.29, 1.82) is 0 Å². The van der Waals surface area contributed by atoms with Crippen LogP contribution in [0.3, 0.4) is 0 Å². The Bertz CT molecular complexity index is 272. The average molecular weight is 142 g/mol. The summed E-state index contributed by atoms with van der Waals surface area (Å²) < 4.78 is 5.99. The van der Waals surface area contributed by atoms with Gasteiger partial charge in [-0.2, -0.15) is 4.68 Å². The van der Waals surface area contributed by atoms with Crippen LogP contribution in [0.25, 0.3) is 0 Å². The molecule has 0 aliphatic rings. The summed E-state index contributed by atoms with van der Waals surface area (Å²) in [6, 6.07) is 0.0740. The molecule has 0 aliphatic carbocycles. The lowest BCUT2D eigenvalue weighted by atomic mass is 10.4. The van der Waals surface area contributed by atoms with Gasteiger partial charge in [0.25, 0.3) is 0 Å². The van der Waals surface area contributed by atoms with Gasteiger partial charge in [-0.3, -0.25) is 0 Å². The molecule has 1 rings (SSSR count). The first kappa shape index (κ1) is 7.05. The van der Waals surface area contributed by atoms with Crippen molar-refractivity contribution >= 4 is 0 Å². The van der Waals surface area contributed by atoms with Crippen LogP contribution in [-0.4, -0.2) is 9.78 Å². The van der Waals surface area contributed by atoms with Gasteiger partial charge in [-0.05, 0) is 13.8 Å². The summed E-state index contributed by atoms with van der Waals surface area (Å²) in [5.74, 6) is 0.0335. The zero-order chi connectivity index (χ0) is 7.72. The quantitative estimate of drug-likeness (QED) is 0.580. The Kier molecular flexibility index (Phi) is 1.61. The Morgan fingerprint density at radius 3 is 2.40 bits per heavy atom. The lowest BCUT2D eigenvalue weighted by molar-refractivity contribution is 0.438. The molecule has 10 heavy (non-hydrogen) atoms. The highest BCUT2D eigenvalue weighted by molar-refractivity contribution is 4.69. The first-order chi connectivity index (χ1) is 4.61. The molecule has 1 aromatic rings. The van der Waals surface area contributed by atoms with Crippen LogP contribution in [0, 0.1) is 6.92 Å². The van der Waals surface area contributed by atoms with E-state index in [9.17, 15) is 4.79 Å². The predicted molar refractivity (Wildman–Crippen MR) is 35.9 cm³/mol. The van der Waals surface area contributed by atoms with Crippen molar-refractivity contribution in [3.05, 3.63) is 16.4 Å². The van der Waals surface area contributed by atoms with E-state index in [1.165, 1.54) is 4.68 Å². The normalized spacial score (nSPS) is 10.8. The van der Waals surface area contributed by atoms with Crippen LogP contribution in [-0.2, 0) is 0 Å². The number of aryl methyl sites for hydroxylation is 1. The van der Waals surface area contributed by atoms with Crippen molar-refractivity contribution in [2.45, 2.75) is 26.8 Å². The van der Waals surface area contributed by atoms with Gasteiger partial charge < -0.3 is 4.42 Å². The fourth-order valence-electron chi connectivity index (χ4n) is 0.712. The highest BCUT2D eigenvalue weighted by Crippen LogP contribution is 1.97. The number of rotatable bonds is 1. The molecule has 0 aliphatic heterocycles. The summed E-state index contributed by atoms with van der Waals surface area (Å²) in [7, 11) is 0. The van der Waals surface area contributed by atoms with Gasteiger partial charge in [0.1, 0.15) is 0 Å². The van der Waals surface area contributed by atoms with Crippen LogP contribution >= 0.6 is 0 Å². The molecule has 4 heteroatoms. The Morgan fingerprint density at radius 2 is 2.20 bits per heavy atom. The number of nitrogens with zero attached hydrogens (tertiary/aromatic N) is 2. The molecular weight excluding hydrogens is 132 g/mol. The zero-order valence-electron chi connectivity index (χ0n) is 6.29. The van der Waals surface area contributed by atoms with E-state index in [1.807, 2.05) is 13.8 Å². The molecule has 0 fully saturated rings. The molecule has 1 heterocycles. The standard InChI is InChI=1S/C6H10N2O2/c1-4(2)8-6(9)10-5(3)7-8/h4H,1-3H3. The van der Waals surface area contributed by atoms with Crippen LogP contribution in [0.15, 0.2) is 9.21 Å². The van der Waals surface area contributed by atoms with Gasteiger partial charge in [-0.25, -0.2) is 4.79 Å². The topological polar surface area (TPSA) is 48.0 Å². The Morgan fingerprint density at radius 1 is 1.60 bits per heavy atom. The maximum atomic E-state index is 10.8. The van der Waals surface area contributed by atoms with E-state index in [0.717, 1.165) is 0 Å². The number of aromatic nitrogens is 2. The van der Waals surface area contributed by atoms with Crippen LogP contribution in [0.1, 0.15) is 25.8 Å². The third-order valence-corrected chi connectivity index (χ3v) is 1.16. The van der Waals surface area contributed by atoms with Gasteiger partial charge in [-0.15, -0.1) is 5.10 Å². The van der Waals surface area contributed by atoms with Crippen molar-refractivity contribution in [3.63, 3.8) is 0 Å². The maximum Gasteiger partial charge on any atom is 0.437 e. The Balaban J connectivity index is 3.16. The minimum atomic E-state index is -0.382. The highest BCUT2D eigenvalue weighted by atomic mass is 16.4. The van der Waals surface area contributed by atoms with E-state index in [4.69, 9.17) is 0 Å². The van der Waals surface area contributed by atoms with Crippen LogP contribution in [0.4, 0.5) is 0 Å². The van der Waals surface area contributed by atoms with Gasteiger partial charge in [0, 0.05) is 6.92 Å². The molecular formula is C6H10N2O2. The van der Waals surface area contributed by atoms with Crippen LogP contribution < -0.4 is 5.76 Å². The fourth-order valence-corrected chi connectivity index (χ4v) is 0.712. The number of hydrogen-bond acceptors (Lipinski definition) is 3. The van der Waals surface area contributed by atoms with Gasteiger partial charge >= 0.3 is 5.76 Å². The first-order valence-electron chi connectivity index (χ1n) is 3.17. The second kappa shape index (κ2) is 2.28. The predicted octanol–water partition coefficient (Wildman–Crippen LogP) is 0.726. The van der Waals surface area contributed by atoms with E-state index < -0.39 is 0 Å². The summed E-state index contributed by atoms with van der Waals surface area (Å²) in [4.78, 5) is 10.8. The van der Waals surface area contributed by atoms with E-state index in [2.05, 4.69) is 9.52 Å². The smallest absolute Gasteiger partial charge is 0.393 e. The molecule has 0 aromatic carbocycles. The summed E-state index contributed by atoms with van der Waals surface area (Å²) in [5.41, 5.74) is 0. The van der Waals surface area contributed by atoms with E-state index >= 15 is 0 Å². The zero-order valence-corrected chi connectivity index (χ0v) is 6.29. The molecule has 0 saturated heterocycles. The maximum absolute atomic E-state index is 10.8. The Labute approximate surface area is 58.5 Å². The van der Waals surface area contributed by atoms with Crippen molar-refractivity contribution in [1.82, 2.24) is 9.78 Å². The third kappa shape index (κ3) is 1.10. The van der Waals surface area contributed by atoms with E-state index in [0.29, 0.717) is 5.89 Å². The van der Waals surface area contributed by atoms with Crippen molar-refractivity contribution in [2.24, 2.45) is 0 Å². The highest BCUT2D eigenvalue weighted by Gasteiger charge is 2.05. The summed E-state index contributed by atoms with van der Waals surface area (Å²) in [6.07, 6.45) is 0. The molecule has 0 unspecified atom stereocenters. The van der Waals surface area contributed by atoms with Gasteiger partial charge in [-0.1, -0.05) is 0 Å². The van der Waals surface area contributed by atoms with E-state index in [-0.39, 0.29) is 11.8 Å². The molecule has 56 valence electrons. The lowest BCUT2D eigenvalue weighted by Crippen LogP contribution is -2.17. The minimum absolute atomic E-state index is 0.0740. The SMILES string of the molecule is Cc1nn(C(C)C)c(=O)o1. The van der Waals surface area contributed by atoms with Crippen LogP contribution in [0.2, 0.25) is 0 Å². The summed E-state index contributed by atoms with van der Waals surface area (Å²) in [5, 5.41) is 3.85. The molecule has 0 N–H and O–H groups in total. The largest absolute Gasteiger partial charge is 0.437 e. The lowest BCUT2D eigenvalue weighted by Gasteiger charge is -1.98. The molecule has 1 aromatic heterocycles. The Hall–Kier alpha value is -1.06. The molecule has 0 bridgehead atoms. The second-order valence-electron chi connectivity index (χ2n) is 2.43. The monoisotopic (exact) mass is 142 g/mol. The van der Waals surface area contributed by atoms with Gasteiger partial charge in [0.05, 0.1) is 6.04 Å². The van der Waals surface area contributed by atoms with Crippen LogP contribution in [0.5, 0.6) is 0 Å². The second-order valence-corrected chi connectivity index (χ2v) is 2.43. The molecule has 0 spiro atoms. The molecule has 0 saturated carbocycles. The van der Waals surface area contributed by atoms with Crippen molar-refractivity contribution in [3.8, 4) is 0 Å². The first-order valence-corrected chi connectivity index (χ1v) is 3.17. The summed E-state index contributed by atoms with van der Waals surface area (Å²) >= 11 is 0. The molecule has 0 atom stereocenters. The third-order valence-electron chi connectivity index (χ3n) is 1.16. The van der Waals surface area contributed by atoms with Gasteiger partial charge in [0.15, 0.2) is 0 Å². The minimum Gasteiger partial charge on any atom is -0.393 e. The number of hydrogen-bond donors (Lipinski definition) is 0. The molecule has 0 radical (unpaired) electrons. The fraction of sp³-hybridized carbons (Fsp3) is 0.667. The van der Waals surface area contributed by atoms with Gasteiger partial charge in [0.2, 0.25) is 5.89 Å². The van der Waals surface area contributed by atoms with Crippen molar-refractivity contribution in [2.75, 3.05) is 0 Å². The average Bonchev–Trinajstić information content (AvgIpc) is 2.10. The van der Waals surface area contributed by atoms with E-state index in [1.54, 1.807) is 6.92 Å². The summed E-state index contributed by atoms with van der Waals surface area (Å²) in [6.45, 7) is 5.41. The molecule has 0 amide bonds.